The molecule has 0 bridgehead atoms. The normalized spacial score (nSPS) is 17.8. The Hall–Kier alpha value is -0.810. The van der Waals surface area contributed by atoms with Gasteiger partial charge in [-0.2, -0.15) is 0 Å². The van der Waals surface area contributed by atoms with Crippen molar-refractivity contribution < 1.29 is 30.0 Å². The summed E-state index contributed by atoms with van der Waals surface area (Å²) in [6.07, 6.45) is 4.72. The molecule has 0 amide bonds. The predicted octanol–water partition coefficient (Wildman–Crippen LogP) is 3.26. The summed E-state index contributed by atoms with van der Waals surface area (Å²) in [5.41, 5.74) is -4.32. The minimum Gasteiger partial charge on any atom is -1.00 e. The highest BCUT2D eigenvalue weighted by Gasteiger charge is 2.49. The molecule has 0 aliphatic heterocycles. The average Bonchev–Trinajstić information content (AvgIpc) is 2.78. The Morgan fingerprint density at radius 2 is 1.67 bits per heavy atom. The van der Waals surface area contributed by atoms with Crippen LogP contribution in [-0.4, -0.2) is 0 Å². The lowest BCUT2D eigenvalue weighted by Gasteiger charge is -2.18. The number of halogens is 5. The van der Waals surface area contributed by atoms with Crippen LogP contribution in [0.2, 0.25) is 0 Å². The Labute approximate surface area is 129 Å². The van der Waals surface area contributed by atoms with Crippen LogP contribution in [0.25, 0.3) is 10.1 Å². The van der Waals surface area contributed by atoms with E-state index in [9.17, 15) is 17.6 Å². The van der Waals surface area contributed by atoms with Crippen molar-refractivity contribution in [2.75, 3.05) is 0 Å². The van der Waals surface area contributed by atoms with Crippen LogP contribution in [-0.2, 0) is 5.51 Å². The van der Waals surface area contributed by atoms with Crippen LogP contribution in [0, 0.1) is 5.82 Å². The van der Waals surface area contributed by atoms with Gasteiger partial charge in [0.25, 0.3) is 0 Å². The van der Waals surface area contributed by atoms with Gasteiger partial charge in [-0.1, -0.05) is 19.3 Å². The van der Waals surface area contributed by atoms with Gasteiger partial charge in [0, 0.05) is 23.4 Å². The van der Waals surface area contributed by atoms with Crippen molar-refractivity contribution in [1.29, 1.82) is 0 Å². The molecule has 1 aromatic heterocycles. The minimum absolute atomic E-state index is 0. The molecule has 1 fully saturated rings. The van der Waals surface area contributed by atoms with Crippen molar-refractivity contribution in [2.45, 2.75) is 43.5 Å². The molecule has 1 aliphatic carbocycles. The Morgan fingerprint density at radius 1 is 1.00 bits per heavy atom. The maximum atomic E-state index is 13.4. The molecule has 3 rings (SSSR count). The van der Waals surface area contributed by atoms with Gasteiger partial charge in [-0.05, 0) is 25.0 Å². The first kappa shape index (κ1) is 16.6. The third-order valence-electron chi connectivity index (χ3n) is 3.97. The molecule has 0 saturated heterocycles. The maximum absolute atomic E-state index is 13.4. The Bertz CT molecular complexity index is 626. The van der Waals surface area contributed by atoms with Crippen LogP contribution < -0.4 is 12.4 Å². The van der Waals surface area contributed by atoms with E-state index in [2.05, 4.69) is 0 Å². The number of alkyl halides is 3. The molecule has 1 aliphatic rings. The van der Waals surface area contributed by atoms with Gasteiger partial charge < -0.3 is 12.4 Å². The first-order valence-electron chi connectivity index (χ1n) is 6.79. The van der Waals surface area contributed by atoms with Crippen LogP contribution in [0.4, 0.5) is 17.6 Å². The molecule has 1 unspecified atom stereocenters. The van der Waals surface area contributed by atoms with Crippen LogP contribution in [0.15, 0.2) is 24.3 Å². The molecule has 0 N–H and O–H groups in total. The third-order valence-corrected chi connectivity index (χ3v) is 6.15. The fraction of sp³-hybridized carbons (Fsp3) is 0.467. The molecule has 21 heavy (non-hydrogen) atoms. The second kappa shape index (κ2) is 6.13. The zero-order valence-corrected chi connectivity index (χ0v) is 12.8. The number of rotatable bonds is 1. The fourth-order valence-electron chi connectivity index (χ4n) is 3.07. The van der Waals surface area contributed by atoms with E-state index in [-0.39, 0.29) is 23.0 Å². The van der Waals surface area contributed by atoms with Crippen molar-refractivity contribution in [3.8, 4) is 0 Å². The van der Waals surface area contributed by atoms with Crippen molar-refractivity contribution in [2.24, 2.45) is 0 Å². The molecule has 1 atom stereocenters. The van der Waals surface area contributed by atoms with E-state index in [1.165, 1.54) is 12.1 Å². The monoisotopic (exact) mass is 338 g/mol. The highest BCUT2D eigenvalue weighted by atomic mass is 35.5. The van der Waals surface area contributed by atoms with Crippen LogP contribution in [0.5, 0.6) is 0 Å². The summed E-state index contributed by atoms with van der Waals surface area (Å²) in [5, 5.41) is 0.535. The van der Waals surface area contributed by atoms with Gasteiger partial charge in [0.2, 0.25) is 0 Å². The molecule has 116 valence electrons. The largest absolute Gasteiger partial charge is 1.00 e. The summed E-state index contributed by atoms with van der Waals surface area (Å²) >= 11 is 0. The lowest BCUT2D eigenvalue weighted by Crippen LogP contribution is -3.00. The number of benzene rings is 1. The third kappa shape index (κ3) is 3.19. The molecule has 0 nitrogen and oxygen atoms in total. The SMILES string of the molecule is Fc1ccc2cc(C3CCCCC3)[s+](C(F)(F)F)c2c1.[Cl-]. The zero-order chi connectivity index (χ0) is 14.3. The zero-order valence-electron chi connectivity index (χ0n) is 11.2. The molecule has 0 radical (unpaired) electrons. The van der Waals surface area contributed by atoms with Gasteiger partial charge in [0.15, 0.2) is 9.58 Å². The Balaban J connectivity index is 0.00000161. The van der Waals surface area contributed by atoms with Gasteiger partial charge in [-0.3, -0.25) is 0 Å². The number of hydrogen-bond donors (Lipinski definition) is 0. The minimum atomic E-state index is -4.32. The van der Waals surface area contributed by atoms with E-state index >= 15 is 0 Å². The van der Waals surface area contributed by atoms with Gasteiger partial charge in [0.1, 0.15) is 5.82 Å². The Kier molecular flexibility index (Phi) is 4.83. The first-order valence-corrected chi connectivity index (χ1v) is 8.01. The topological polar surface area (TPSA) is 0 Å². The van der Waals surface area contributed by atoms with Crippen molar-refractivity contribution in [1.82, 2.24) is 0 Å². The van der Waals surface area contributed by atoms with Gasteiger partial charge in [-0.25, -0.2) is 4.39 Å². The predicted molar refractivity (Wildman–Crippen MR) is 73.5 cm³/mol. The number of thiophene rings is 1. The van der Waals surface area contributed by atoms with E-state index in [0.717, 1.165) is 38.2 Å². The van der Waals surface area contributed by atoms with E-state index in [4.69, 9.17) is 0 Å². The molecule has 1 saturated carbocycles. The van der Waals surface area contributed by atoms with Crippen LogP contribution in [0.1, 0.15) is 42.9 Å². The van der Waals surface area contributed by atoms with E-state index in [1.54, 1.807) is 6.07 Å². The maximum Gasteiger partial charge on any atom is 0.600 e. The smallest absolute Gasteiger partial charge is 0.600 e. The molecule has 6 heteroatoms. The first-order chi connectivity index (χ1) is 9.47. The molecule has 1 aromatic carbocycles. The van der Waals surface area contributed by atoms with E-state index in [0.29, 0.717) is 10.3 Å². The molecular formula is C15H15ClF4S. The average molecular weight is 339 g/mol. The van der Waals surface area contributed by atoms with Gasteiger partial charge in [-0.15, -0.1) is 13.2 Å². The van der Waals surface area contributed by atoms with Crippen molar-refractivity contribution in [3.63, 3.8) is 0 Å². The molecule has 1 heterocycles. The highest BCUT2D eigenvalue weighted by molar-refractivity contribution is 7.38. The second-order valence-electron chi connectivity index (χ2n) is 5.32. The van der Waals surface area contributed by atoms with Crippen molar-refractivity contribution in [3.05, 3.63) is 35.0 Å². The molecule has 2 aromatic rings. The fourth-order valence-corrected chi connectivity index (χ4v) is 5.25. The number of fused-ring (bicyclic) bond motifs is 1. The summed E-state index contributed by atoms with van der Waals surface area (Å²) < 4.78 is 53.7. The summed E-state index contributed by atoms with van der Waals surface area (Å²) in [5.74, 6) is -0.590. The summed E-state index contributed by atoms with van der Waals surface area (Å²) in [6, 6.07) is 5.41. The van der Waals surface area contributed by atoms with E-state index < -0.39 is 21.8 Å². The summed E-state index contributed by atoms with van der Waals surface area (Å²) in [6.45, 7) is 0. The summed E-state index contributed by atoms with van der Waals surface area (Å²) in [7, 11) is -1.94. The molecule has 0 spiro atoms. The van der Waals surface area contributed by atoms with E-state index in [1.807, 2.05) is 0 Å². The lowest BCUT2D eigenvalue weighted by atomic mass is 9.88. The van der Waals surface area contributed by atoms with Gasteiger partial charge >= 0.3 is 5.51 Å². The second-order valence-corrected chi connectivity index (χ2v) is 7.30. The van der Waals surface area contributed by atoms with Crippen LogP contribution in [0.3, 0.4) is 0 Å². The molecular weight excluding hydrogens is 324 g/mol. The highest BCUT2D eigenvalue weighted by Crippen LogP contribution is 2.55. The lowest BCUT2D eigenvalue weighted by molar-refractivity contribution is -0.0868. The quantitative estimate of drug-likeness (QED) is 0.553. The summed E-state index contributed by atoms with van der Waals surface area (Å²) in [4.78, 5) is 0.470. The standard InChI is InChI=1S/C15H15F4S.ClH/c16-12-7-6-11-8-13(10-4-2-1-3-5-10)20(14(11)9-12)15(17,18)19;/h6-10H,1-5H2;1H/q+1;/p-1. The Morgan fingerprint density at radius 3 is 2.29 bits per heavy atom. The van der Waals surface area contributed by atoms with Crippen LogP contribution >= 0.6 is 10.5 Å². The van der Waals surface area contributed by atoms with Gasteiger partial charge in [0.05, 0.1) is 10.5 Å². The van der Waals surface area contributed by atoms with Crippen molar-refractivity contribution >= 4 is 20.6 Å². The number of hydrogen-bond acceptors (Lipinski definition) is 0.